The number of ether oxygens (including phenoxy) is 1. The minimum Gasteiger partial charge on any atom is -0.452 e. The second kappa shape index (κ2) is 6.63. The van der Waals surface area contributed by atoms with Crippen LogP contribution in [0, 0.1) is 13.8 Å². The molecule has 0 spiro atoms. The summed E-state index contributed by atoms with van der Waals surface area (Å²) in [7, 11) is 0. The van der Waals surface area contributed by atoms with Crippen LogP contribution in [0.1, 0.15) is 52.6 Å². The third kappa shape index (κ3) is 3.02. The van der Waals surface area contributed by atoms with Gasteiger partial charge in [0.15, 0.2) is 6.61 Å². The summed E-state index contributed by atoms with van der Waals surface area (Å²) >= 11 is 0. The topological polar surface area (TPSA) is 51.5 Å². The van der Waals surface area contributed by atoms with Gasteiger partial charge < -0.3 is 14.2 Å². The molecule has 2 aliphatic rings. The average Bonchev–Trinajstić information content (AvgIpc) is 3.43. The Labute approximate surface area is 153 Å². The molecule has 1 saturated carbocycles. The van der Waals surface area contributed by atoms with Crippen LogP contribution in [-0.4, -0.2) is 29.6 Å². The monoisotopic (exact) mass is 352 g/mol. The predicted octanol–water partition coefficient (Wildman–Crippen LogP) is 3.58. The first-order valence-electron chi connectivity index (χ1n) is 9.30. The van der Waals surface area contributed by atoms with E-state index in [0.717, 1.165) is 42.8 Å². The third-order valence-electron chi connectivity index (χ3n) is 5.35. The van der Waals surface area contributed by atoms with E-state index in [0.29, 0.717) is 18.2 Å². The van der Waals surface area contributed by atoms with Crippen molar-refractivity contribution in [2.24, 2.45) is 0 Å². The van der Waals surface area contributed by atoms with Crippen molar-refractivity contribution in [3.8, 4) is 0 Å². The van der Waals surface area contributed by atoms with Crippen LogP contribution >= 0.6 is 0 Å². The average molecular weight is 352 g/mol. The van der Waals surface area contributed by atoms with Gasteiger partial charge in [0, 0.05) is 29.7 Å². The molecule has 4 rings (SSSR count). The molecule has 0 bridgehead atoms. The van der Waals surface area contributed by atoms with E-state index in [1.807, 2.05) is 44.2 Å². The van der Waals surface area contributed by atoms with E-state index < -0.39 is 5.97 Å². The van der Waals surface area contributed by atoms with Crippen molar-refractivity contribution in [1.82, 2.24) is 4.57 Å². The zero-order valence-corrected chi connectivity index (χ0v) is 15.3. The number of hydrogen-bond acceptors (Lipinski definition) is 3. The van der Waals surface area contributed by atoms with Gasteiger partial charge in [-0.3, -0.25) is 4.79 Å². The van der Waals surface area contributed by atoms with Crippen molar-refractivity contribution in [3.05, 3.63) is 52.8 Å². The van der Waals surface area contributed by atoms with Crippen LogP contribution in [0.5, 0.6) is 0 Å². The zero-order chi connectivity index (χ0) is 18.3. The molecule has 1 aromatic heterocycles. The van der Waals surface area contributed by atoms with Crippen molar-refractivity contribution in [1.29, 1.82) is 0 Å². The molecule has 0 unspecified atom stereocenters. The highest BCUT2D eigenvalue weighted by Crippen LogP contribution is 2.38. The normalized spacial score (nSPS) is 16.3. The van der Waals surface area contributed by atoms with Gasteiger partial charge in [0.2, 0.25) is 0 Å². The van der Waals surface area contributed by atoms with Crippen molar-refractivity contribution in [3.63, 3.8) is 0 Å². The first-order chi connectivity index (χ1) is 12.6. The number of nitrogens with zero attached hydrogens (tertiary/aromatic N) is 2. The minimum atomic E-state index is -0.413. The Bertz CT molecular complexity index is 864. The fourth-order valence-electron chi connectivity index (χ4n) is 3.95. The quantitative estimate of drug-likeness (QED) is 0.791. The zero-order valence-electron chi connectivity index (χ0n) is 15.3. The number of carbonyl (C=O) groups excluding carboxylic acids is 2. The molecular formula is C21H24N2O3. The summed E-state index contributed by atoms with van der Waals surface area (Å²) in [5.74, 6) is -0.579. The summed E-state index contributed by atoms with van der Waals surface area (Å²) in [5, 5.41) is 0. The van der Waals surface area contributed by atoms with Crippen LogP contribution in [0.15, 0.2) is 30.3 Å². The van der Waals surface area contributed by atoms with Crippen LogP contribution < -0.4 is 4.90 Å². The number of aromatic nitrogens is 1. The van der Waals surface area contributed by atoms with Gasteiger partial charge in [-0.1, -0.05) is 18.2 Å². The largest absolute Gasteiger partial charge is 0.452 e. The molecule has 1 fully saturated rings. The first kappa shape index (κ1) is 16.9. The lowest BCUT2D eigenvalue weighted by atomic mass is 10.0. The van der Waals surface area contributed by atoms with Crippen LogP contribution in [0.4, 0.5) is 5.69 Å². The molecule has 0 N–H and O–H groups in total. The molecule has 1 aromatic carbocycles. The predicted molar refractivity (Wildman–Crippen MR) is 99.6 cm³/mol. The molecule has 136 valence electrons. The number of para-hydroxylation sites is 1. The standard InChI is InChI=1S/C21H24N2O3/c1-14-12-18(15(2)23(14)17-9-10-17)21(25)26-13-20(24)22-11-5-7-16-6-3-4-8-19(16)22/h3-4,6,8,12,17H,5,7,9-11,13H2,1-2H3. The van der Waals surface area contributed by atoms with Crippen LogP contribution in [-0.2, 0) is 16.0 Å². The lowest BCUT2D eigenvalue weighted by molar-refractivity contribution is -0.121. The Morgan fingerprint density at radius 1 is 1.19 bits per heavy atom. The van der Waals surface area contributed by atoms with Gasteiger partial charge in [-0.05, 0) is 57.2 Å². The van der Waals surface area contributed by atoms with Gasteiger partial charge in [0.05, 0.1) is 5.56 Å². The highest BCUT2D eigenvalue weighted by molar-refractivity contribution is 5.98. The van der Waals surface area contributed by atoms with Crippen LogP contribution in [0.2, 0.25) is 0 Å². The Balaban J connectivity index is 1.44. The fourth-order valence-corrected chi connectivity index (χ4v) is 3.95. The van der Waals surface area contributed by atoms with E-state index in [1.54, 1.807) is 4.90 Å². The highest BCUT2D eigenvalue weighted by Gasteiger charge is 2.29. The van der Waals surface area contributed by atoms with E-state index in [4.69, 9.17) is 4.74 Å². The fraction of sp³-hybridized carbons (Fsp3) is 0.429. The van der Waals surface area contributed by atoms with Crippen molar-refractivity contribution < 1.29 is 14.3 Å². The summed E-state index contributed by atoms with van der Waals surface area (Å²) in [4.78, 5) is 26.9. The number of fused-ring (bicyclic) bond motifs is 1. The van der Waals surface area contributed by atoms with Crippen molar-refractivity contribution >= 4 is 17.6 Å². The second-order valence-electron chi connectivity index (χ2n) is 7.24. The van der Waals surface area contributed by atoms with Gasteiger partial charge in [0.1, 0.15) is 0 Å². The van der Waals surface area contributed by atoms with Gasteiger partial charge >= 0.3 is 5.97 Å². The molecule has 5 nitrogen and oxygen atoms in total. The summed E-state index contributed by atoms with van der Waals surface area (Å²) in [6.45, 7) is 4.41. The number of anilines is 1. The molecule has 1 amide bonds. The Hall–Kier alpha value is -2.56. The first-order valence-corrected chi connectivity index (χ1v) is 9.30. The van der Waals surface area contributed by atoms with Crippen LogP contribution in [0.3, 0.4) is 0 Å². The minimum absolute atomic E-state index is 0.165. The molecule has 0 radical (unpaired) electrons. The number of esters is 1. The van der Waals surface area contributed by atoms with Gasteiger partial charge in [-0.2, -0.15) is 0 Å². The number of rotatable bonds is 4. The lowest BCUT2D eigenvalue weighted by Gasteiger charge is -2.29. The molecular weight excluding hydrogens is 328 g/mol. The maximum Gasteiger partial charge on any atom is 0.340 e. The summed E-state index contributed by atoms with van der Waals surface area (Å²) < 4.78 is 7.57. The highest BCUT2D eigenvalue weighted by atomic mass is 16.5. The maximum absolute atomic E-state index is 12.6. The number of aryl methyl sites for hydroxylation is 2. The molecule has 2 aromatic rings. The van der Waals surface area contributed by atoms with E-state index in [2.05, 4.69) is 4.57 Å². The maximum atomic E-state index is 12.6. The van der Waals surface area contributed by atoms with E-state index in [9.17, 15) is 9.59 Å². The molecule has 0 atom stereocenters. The summed E-state index contributed by atoms with van der Waals surface area (Å²) in [6.07, 6.45) is 4.24. The molecule has 0 saturated heterocycles. The van der Waals surface area contributed by atoms with Gasteiger partial charge in [0.25, 0.3) is 5.91 Å². The number of benzene rings is 1. The van der Waals surface area contributed by atoms with Crippen LogP contribution in [0.25, 0.3) is 0 Å². The third-order valence-corrected chi connectivity index (χ3v) is 5.35. The van der Waals surface area contributed by atoms with E-state index in [1.165, 1.54) is 5.56 Å². The molecule has 1 aliphatic heterocycles. The SMILES string of the molecule is Cc1cc(C(=O)OCC(=O)N2CCCc3ccccc32)c(C)n1C1CC1. The van der Waals surface area contributed by atoms with E-state index in [-0.39, 0.29) is 12.5 Å². The van der Waals surface area contributed by atoms with Gasteiger partial charge in [-0.15, -0.1) is 0 Å². The number of carbonyl (C=O) groups is 2. The molecule has 26 heavy (non-hydrogen) atoms. The van der Waals surface area contributed by atoms with E-state index >= 15 is 0 Å². The Morgan fingerprint density at radius 3 is 2.73 bits per heavy atom. The van der Waals surface area contributed by atoms with Gasteiger partial charge in [-0.25, -0.2) is 4.79 Å². The molecule has 2 heterocycles. The second-order valence-corrected chi connectivity index (χ2v) is 7.24. The smallest absolute Gasteiger partial charge is 0.340 e. The number of hydrogen-bond donors (Lipinski definition) is 0. The van der Waals surface area contributed by atoms with Crippen molar-refractivity contribution in [2.45, 2.75) is 45.6 Å². The summed E-state index contributed by atoms with van der Waals surface area (Å²) in [5.41, 5.74) is 4.69. The molecule has 1 aliphatic carbocycles. The molecule has 5 heteroatoms. The Kier molecular flexibility index (Phi) is 4.31. The lowest BCUT2D eigenvalue weighted by Crippen LogP contribution is -2.38. The number of amides is 1. The summed E-state index contributed by atoms with van der Waals surface area (Å²) in [6, 6.07) is 10.3. The Morgan fingerprint density at radius 2 is 1.96 bits per heavy atom. The van der Waals surface area contributed by atoms with Crippen molar-refractivity contribution in [2.75, 3.05) is 18.1 Å².